The van der Waals surface area contributed by atoms with Crippen molar-refractivity contribution in [3.05, 3.63) is 64.7 Å². The van der Waals surface area contributed by atoms with Crippen LogP contribution in [0, 0.1) is 0 Å². The first-order valence-corrected chi connectivity index (χ1v) is 8.23. The molecular formula is C19H21ClO4. The molecule has 0 aromatic heterocycles. The second kappa shape index (κ2) is 8.71. The molecular weight excluding hydrogens is 328 g/mol. The average Bonchev–Trinajstić information content (AvgIpc) is 2.55. The summed E-state index contributed by atoms with van der Waals surface area (Å²) in [6, 6.07) is 14.9. The minimum Gasteiger partial charge on any atom is -0.486 e. The van der Waals surface area contributed by atoms with Gasteiger partial charge in [-0.05, 0) is 49.2 Å². The summed E-state index contributed by atoms with van der Waals surface area (Å²) in [5.41, 5.74) is 1.81. The van der Waals surface area contributed by atoms with Crippen LogP contribution < -0.4 is 4.74 Å². The number of benzene rings is 2. The van der Waals surface area contributed by atoms with Crippen LogP contribution in [-0.2, 0) is 9.53 Å². The molecule has 0 bridgehead atoms. The van der Waals surface area contributed by atoms with Crippen LogP contribution in [0.5, 0.6) is 5.75 Å². The van der Waals surface area contributed by atoms with E-state index in [0.717, 1.165) is 11.1 Å². The lowest BCUT2D eigenvalue weighted by atomic mass is 10.1. The van der Waals surface area contributed by atoms with Crippen molar-refractivity contribution in [3.63, 3.8) is 0 Å². The monoisotopic (exact) mass is 348 g/mol. The summed E-state index contributed by atoms with van der Waals surface area (Å²) in [7, 11) is 0. The molecule has 0 aliphatic heterocycles. The summed E-state index contributed by atoms with van der Waals surface area (Å²) in [6.07, 6.45) is -0.657. The van der Waals surface area contributed by atoms with Crippen molar-refractivity contribution in [2.45, 2.75) is 32.5 Å². The first-order valence-electron chi connectivity index (χ1n) is 7.85. The third-order valence-corrected chi connectivity index (χ3v) is 3.85. The topological polar surface area (TPSA) is 55.8 Å². The third kappa shape index (κ3) is 5.25. The van der Waals surface area contributed by atoms with Gasteiger partial charge < -0.3 is 14.6 Å². The van der Waals surface area contributed by atoms with Gasteiger partial charge in [0.15, 0.2) is 0 Å². The number of rotatable bonds is 8. The van der Waals surface area contributed by atoms with Gasteiger partial charge in [0.25, 0.3) is 0 Å². The highest BCUT2D eigenvalue weighted by atomic mass is 35.5. The Morgan fingerprint density at radius 2 is 1.88 bits per heavy atom. The number of ether oxygens (including phenoxy) is 2. The van der Waals surface area contributed by atoms with E-state index in [1.54, 1.807) is 0 Å². The van der Waals surface area contributed by atoms with Gasteiger partial charge in [0.1, 0.15) is 11.9 Å². The smallest absolute Gasteiger partial charge is 0.306 e. The van der Waals surface area contributed by atoms with Crippen LogP contribution in [0.25, 0.3) is 0 Å². The van der Waals surface area contributed by atoms with E-state index < -0.39 is 12.1 Å². The van der Waals surface area contributed by atoms with E-state index in [0.29, 0.717) is 17.4 Å². The quantitative estimate of drug-likeness (QED) is 0.726. The number of hydrogen-bond donors (Lipinski definition) is 1. The van der Waals surface area contributed by atoms with Crippen LogP contribution in [0.4, 0.5) is 0 Å². The van der Waals surface area contributed by atoms with Crippen molar-refractivity contribution < 1.29 is 19.4 Å². The molecule has 0 heterocycles. The van der Waals surface area contributed by atoms with Crippen LogP contribution >= 0.6 is 11.6 Å². The highest BCUT2D eigenvalue weighted by Crippen LogP contribution is 2.27. The third-order valence-electron chi connectivity index (χ3n) is 3.61. The van der Waals surface area contributed by atoms with E-state index in [1.807, 2.05) is 62.4 Å². The molecule has 0 spiro atoms. The van der Waals surface area contributed by atoms with Crippen molar-refractivity contribution in [1.82, 2.24) is 0 Å². The maximum absolute atomic E-state index is 10.9. The number of halogens is 1. The van der Waals surface area contributed by atoms with Gasteiger partial charge in [0.2, 0.25) is 0 Å². The van der Waals surface area contributed by atoms with Crippen molar-refractivity contribution in [2.24, 2.45) is 0 Å². The Labute approximate surface area is 147 Å². The molecule has 2 atom stereocenters. The lowest BCUT2D eigenvalue weighted by Gasteiger charge is -2.18. The molecule has 128 valence electrons. The van der Waals surface area contributed by atoms with E-state index >= 15 is 0 Å². The fourth-order valence-electron chi connectivity index (χ4n) is 2.43. The lowest BCUT2D eigenvalue weighted by molar-refractivity contribution is -0.140. The van der Waals surface area contributed by atoms with Crippen molar-refractivity contribution in [3.8, 4) is 5.75 Å². The number of carboxylic acids is 1. The van der Waals surface area contributed by atoms with E-state index in [2.05, 4.69) is 0 Å². The highest BCUT2D eigenvalue weighted by Gasteiger charge is 2.16. The normalized spacial score (nSPS) is 13.3. The summed E-state index contributed by atoms with van der Waals surface area (Å²) in [6.45, 7) is 4.26. The summed E-state index contributed by atoms with van der Waals surface area (Å²) in [4.78, 5) is 10.9. The molecule has 0 aliphatic rings. The summed E-state index contributed by atoms with van der Waals surface area (Å²) >= 11 is 6.00. The zero-order chi connectivity index (χ0) is 17.5. The zero-order valence-corrected chi connectivity index (χ0v) is 14.5. The molecule has 0 amide bonds. The van der Waals surface area contributed by atoms with E-state index in [-0.39, 0.29) is 12.5 Å². The van der Waals surface area contributed by atoms with Crippen LogP contribution in [-0.4, -0.2) is 17.7 Å². The molecule has 5 heteroatoms. The molecule has 1 N–H and O–H groups in total. The molecule has 24 heavy (non-hydrogen) atoms. The van der Waals surface area contributed by atoms with Crippen molar-refractivity contribution in [2.75, 3.05) is 6.61 Å². The Hall–Kier alpha value is -2.04. The van der Waals surface area contributed by atoms with E-state index in [4.69, 9.17) is 26.2 Å². The maximum atomic E-state index is 10.9. The Morgan fingerprint density at radius 3 is 2.46 bits per heavy atom. The Morgan fingerprint density at radius 1 is 1.17 bits per heavy atom. The SMILES string of the molecule is CCOC(CC(=O)O)c1ccc(O[C@H](C)c2cccc(Cl)c2)cc1. The second-order valence-electron chi connectivity index (χ2n) is 5.43. The summed E-state index contributed by atoms with van der Waals surface area (Å²) < 4.78 is 11.4. The number of carbonyl (C=O) groups is 1. The molecule has 0 saturated carbocycles. The van der Waals surface area contributed by atoms with Gasteiger partial charge >= 0.3 is 5.97 Å². The van der Waals surface area contributed by atoms with Gasteiger partial charge in [-0.25, -0.2) is 0 Å². The largest absolute Gasteiger partial charge is 0.486 e. The standard InChI is InChI=1S/C19H21ClO4/c1-3-23-18(12-19(21)22)14-7-9-17(10-8-14)24-13(2)15-5-4-6-16(20)11-15/h4-11,13,18H,3,12H2,1-2H3,(H,21,22)/t13-,18?/m1/s1. The summed E-state index contributed by atoms with van der Waals surface area (Å²) in [5, 5.41) is 9.65. The Bertz CT molecular complexity index is 669. The molecule has 4 nitrogen and oxygen atoms in total. The van der Waals surface area contributed by atoms with Crippen LogP contribution in [0.1, 0.15) is 43.6 Å². The Balaban J connectivity index is 2.06. The van der Waals surface area contributed by atoms with Crippen molar-refractivity contribution >= 4 is 17.6 Å². The number of hydrogen-bond acceptors (Lipinski definition) is 3. The number of aliphatic carboxylic acids is 1. The van der Waals surface area contributed by atoms with E-state index in [9.17, 15) is 4.79 Å². The van der Waals surface area contributed by atoms with Gasteiger partial charge in [-0.1, -0.05) is 35.9 Å². The fourth-order valence-corrected chi connectivity index (χ4v) is 2.62. The molecule has 2 aromatic carbocycles. The van der Waals surface area contributed by atoms with Gasteiger partial charge in [-0.2, -0.15) is 0 Å². The first-order chi connectivity index (χ1) is 11.5. The zero-order valence-electron chi connectivity index (χ0n) is 13.7. The predicted octanol–water partition coefficient (Wildman–Crippen LogP) is 5.03. The number of carboxylic acid groups (broad SMARTS) is 1. The molecule has 0 aliphatic carbocycles. The molecule has 0 radical (unpaired) electrons. The minimum absolute atomic E-state index is 0.0625. The minimum atomic E-state index is -0.886. The first kappa shape index (κ1) is 18.3. The molecule has 2 rings (SSSR count). The van der Waals surface area contributed by atoms with Crippen LogP contribution in [0.3, 0.4) is 0 Å². The van der Waals surface area contributed by atoms with Gasteiger partial charge in [-0.3, -0.25) is 4.79 Å². The molecule has 0 fully saturated rings. The van der Waals surface area contributed by atoms with Crippen LogP contribution in [0.2, 0.25) is 5.02 Å². The predicted molar refractivity (Wildman–Crippen MR) is 93.6 cm³/mol. The second-order valence-corrected chi connectivity index (χ2v) is 5.86. The highest BCUT2D eigenvalue weighted by molar-refractivity contribution is 6.30. The van der Waals surface area contributed by atoms with Crippen LogP contribution in [0.15, 0.2) is 48.5 Å². The van der Waals surface area contributed by atoms with Gasteiger partial charge in [0, 0.05) is 11.6 Å². The van der Waals surface area contributed by atoms with E-state index in [1.165, 1.54) is 0 Å². The lowest BCUT2D eigenvalue weighted by Crippen LogP contribution is -2.10. The molecule has 2 aromatic rings. The van der Waals surface area contributed by atoms with Gasteiger partial charge in [0.05, 0.1) is 12.5 Å². The Kier molecular flexibility index (Phi) is 6.64. The molecule has 0 saturated heterocycles. The fraction of sp³-hybridized carbons (Fsp3) is 0.316. The van der Waals surface area contributed by atoms with Gasteiger partial charge in [-0.15, -0.1) is 0 Å². The molecule has 1 unspecified atom stereocenters. The summed E-state index contributed by atoms with van der Waals surface area (Å²) in [5.74, 6) is -0.180. The average molecular weight is 349 g/mol. The maximum Gasteiger partial charge on any atom is 0.306 e. The van der Waals surface area contributed by atoms with Crippen molar-refractivity contribution in [1.29, 1.82) is 0 Å².